The number of carbonyl (C=O) groups excluding carboxylic acids is 1. The number of carbonyl (C=O) groups is 1. The molecule has 8 heteroatoms. The zero-order valence-electron chi connectivity index (χ0n) is 18.1. The average Bonchev–Trinajstić information content (AvgIpc) is 3.34. The van der Waals surface area contributed by atoms with Crippen LogP contribution in [0.25, 0.3) is 15.8 Å². The summed E-state index contributed by atoms with van der Waals surface area (Å²) < 4.78 is 14.5. The number of halogens is 1. The number of para-hydroxylation sites is 1. The van der Waals surface area contributed by atoms with Gasteiger partial charge in [-0.25, -0.2) is 4.39 Å². The number of thiophene rings is 1. The molecule has 172 valence electrons. The van der Waals surface area contributed by atoms with Gasteiger partial charge in [0.15, 0.2) is 0 Å². The third kappa shape index (κ3) is 5.19. The Morgan fingerprint density at radius 3 is 2.68 bits per heavy atom. The van der Waals surface area contributed by atoms with Gasteiger partial charge in [0.2, 0.25) is 0 Å². The number of phenolic OH excluding ortho intramolecular Hbond substituents is 1. The standard InChI is InChI=1S/C26H22FN4O2S/c27-20-12-16(14-28)7-8-18(20)24-9-10-25(34-24)26(33)31-22(19-5-1-2-6-23(19)32)13-21(29)17-4-3-11-30-15-17/h1-12,15,22,32H,13-14,28H2,(H,31,33)/q-1. The minimum atomic E-state index is -0.708. The summed E-state index contributed by atoms with van der Waals surface area (Å²) >= 11 is 1.15. The molecule has 2 aromatic heterocycles. The van der Waals surface area contributed by atoms with Gasteiger partial charge in [-0.15, -0.1) is 11.3 Å². The first-order valence-corrected chi connectivity index (χ1v) is 11.4. The van der Waals surface area contributed by atoms with Crippen LogP contribution in [-0.2, 0) is 6.54 Å². The van der Waals surface area contributed by atoms with Gasteiger partial charge < -0.3 is 21.6 Å². The Hall–Kier alpha value is -3.88. The van der Waals surface area contributed by atoms with E-state index in [1.54, 1.807) is 60.8 Å². The van der Waals surface area contributed by atoms with E-state index in [0.29, 0.717) is 32.0 Å². The Labute approximate surface area is 200 Å². The van der Waals surface area contributed by atoms with Crippen molar-refractivity contribution in [3.05, 3.63) is 112 Å². The van der Waals surface area contributed by atoms with E-state index < -0.39 is 17.8 Å². The second kappa shape index (κ2) is 10.4. The molecule has 2 heterocycles. The SMILES string of the molecule is [N-]=C(CC(NC(=O)c1ccc(-c2ccc(CN)cc2F)s1)c1ccccc1O)c1cccnc1. The van der Waals surface area contributed by atoms with E-state index in [2.05, 4.69) is 10.3 Å². The highest BCUT2D eigenvalue weighted by Gasteiger charge is 2.20. The molecule has 0 aliphatic rings. The van der Waals surface area contributed by atoms with E-state index in [-0.39, 0.29) is 24.4 Å². The van der Waals surface area contributed by atoms with Gasteiger partial charge in [-0.1, -0.05) is 36.4 Å². The van der Waals surface area contributed by atoms with E-state index >= 15 is 0 Å². The second-order valence-electron chi connectivity index (χ2n) is 7.66. The number of pyridine rings is 1. The molecule has 4 N–H and O–H groups in total. The Balaban J connectivity index is 1.58. The van der Waals surface area contributed by atoms with Crippen molar-refractivity contribution >= 4 is 23.0 Å². The van der Waals surface area contributed by atoms with E-state index in [1.165, 1.54) is 18.3 Å². The average molecular weight is 474 g/mol. The minimum absolute atomic E-state index is 0.000667. The predicted molar refractivity (Wildman–Crippen MR) is 132 cm³/mol. The number of phenols is 1. The number of nitrogens with zero attached hydrogens (tertiary/aromatic N) is 2. The molecule has 0 saturated heterocycles. The van der Waals surface area contributed by atoms with Gasteiger partial charge >= 0.3 is 0 Å². The van der Waals surface area contributed by atoms with Crippen molar-refractivity contribution in [2.45, 2.75) is 19.0 Å². The Bertz CT molecular complexity index is 1320. The van der Waals surface area contributed by atoms with Gasteiger partial charge in [0.25, 0.3) is 5.91 Å². The monoisotopic (exact) mass is 473 g/mol. The molecular formula is C26H22FN4O2S-. The van der Waals surface area contributed by atoms with Crippen LogP contribution in [0.3, 0.4) is 0 Å². The maximum Gasteiger partial charge on any atom is 0.261 e. The first-order valence-electron chi connectivity index (χ1n) is 10.6. The summed E-state index contributed by atoms with van der Waals surface area (Å²) in [5, 5.41) is 23.9. The molecule has 0 bridgehead atoms. The van der Waals surface area contributed by atoms with Gasteiger partial charge in [-0.2, -0.15) is 5.71 Å². The molecule has 0 aliphatic carbocycles. The second-order valence-corrected chi connectivity index (χ2v) is 8.74. The normalized spacial score (nSPS) is 11.7. The van der Waals surface area contributed by atoms with Crippen molar-refractivity contribution in [2.24, 2.45) is 5.73 Å². The van der Waals surface area contributed by atoms with Crippen LogP contribution in [0.4, 0.5) is 4.39 Å². The number of benzene rings is 2. The zero-order valence-corrected chi connectivity index (χ0v) is 18.9. The molecule has 0 saturated carbocycles. The van der Waals surface area contributed by atoms with Gasteiger partial charge in [0, 0.05) is 34.9 Å². The van der Waals surface area contributed by atoms with Crippen LogP contribution in [0.15, 0.2) is 79.1 Å². The fourth-order valence-electron chi connectivity index (χ4n) is 3.59. The number of aromatic nitrogens is 1. The van der Waals surface area contributed by atoms with E-state index in [9.17, 15) is 19.7 Å². The van der Waals surface area contributed by atoms with E-state index in [1.807, 2.05) is 0 Å². The van der Waals surface area contributed by atoms with Gasteiger partial charge in [-0.3, -0.25) is 9.78 Å². The van der Waals surface area contributed by atoms with Crippen LogP contribution in [0, 0.1) is 5.82 Å². The first-order chi connectivity index (χ1) is 16.5. The highest BCUT2D eigenvalue weighted by Crippen LogP contribution is 2.32. The number of aromatic hydroxyl groups is 1. The van der Waals surface area contributed by atoms with Crippen molar-refractivity contribution in [1.82, 2.24) is 10.3 Å². The summed E-state index contributed by atoms with van der Waals surface area (Å²) in [4.78, 5) is 18.1. The lowest BCUT2D eigenvalue weighted by Crippen LogP contribution is -2.29. The summed E-state index contributed by atoms with van der Waals surface area (Å²) in [5.74, 6) is -0.803. The molecule has 4 aromatic rings. The maximum absolute atomic E-state index is 14.5. The van der Waals surface area contributed by atoms with Crippen LogP contribution >= 0.6 is 11.3 Å². The van der Waals surface area contributed by atoms with Crippen molar-refractivity contribution < 1.29 is 14.3 Å². The van der Waals surface area contributed by atoms with E-state index in [4.69, 9.17) is 5.73 Å². The van der Waals surface area contributed by atoms with Gasteiger partial charge in [0.05, 0.1) is 10.9 Å². The van der Waals surface area contributed by atoms with Crippen molar-refractivity contribution in [2.75, 3.05) is 0 Å². The highest BCUT2D eigenvalue weighted by molar-refractivity contribution is 7.17. The summed E-state index contributed by atoms with van der Waals surface area (Å²) in [6.07, 6.45) is 3.16. The summed E-state index contributed by atoms with van der Waals surface area (Å²) in [5.41, 5.74) is 7.65. The Kier molecular flexibility index (Phi) is 7.10. The number of hydrogen-bond donors (Lipinski definition) is 3. The Morgan fingerprint density at radius 2 is 1.97 bits per heavy atom. The number of nitrogens with one attached hydrogen (secondary N) is 1. The van der Waals surface area contributed by atoms with Crippen molar-refractivity contribution in [3.8, 4) is 16.2 Å². The fraction of sp³-hybridized carbons (Fsp3) is 0.115. The first kappa shape index (κ1) is 23.3. The molecule has 6 nitrogen and oxygen atoms in total. The third-order valence-corrected chi connectivity index (χ3v) is 6.49. The molecule has 34 heavy (non-hydrogen) atoms. The summed E-state index contributed by atoms with van der Waals surface area (Å²) in [6, 6.07) is 17.4. The molecule has 2 aromatic carbocycles. The number of amides is 1. The molecule has 0 fully saturated rings. The van der Waals surface area contributed by atoms with Crippen LogP contribution < -0.4 is 11.1 Å². The predicted octanol–water partition coefficient (Wildman–Crippen LogP) is 5.03. The minimum Gasteiger partial charge on any atom is -0.807 e. The summed E-state index contributed by atoms with van der Waals surface area (Å²) in [6.45, 7) is 0.242. The van der Waals surface area contributed by atoms with Crippen LogP contribution in [0.5, 0.6) is 5.75 Å². The van der Waals surface area contributed by atoms with Gasteiger partial charge in [-0.05, 0) is 47.9 Å². The lowest BCUT2D eigenvalue weighted by atomic mass is 9.97. The van der Waals surface area contributed by atoms with Crippen LogP contribution in [0.2, 0.25) is 0 Å². The smallest absolute Gasteiger partial charge is 0.261 e. The van der Waals surface area contributed by atoms with Crippen molar-refractivity contribution in [1.29, 1.82) is 0 Å². The van der Waals surface area contributed by atoms with Crippen LogP contribution in [0.1, 0.15) is 38.8 Å². The lowest BCUT2D eigenvalue weighted by molar-refractivity contribution is 0.0941. The number of nitrogens with two attached hydrogens (primary N) is 1. The molecule has 1 unspecified atom stereocenters. The molecular weight excluding hydrogens is 451 g/mol. The molecule has 4 rings (SSSR count). The highest BCUT2D eigenvalue weighted by atomic mass is 32.1. The van der Waals surface area contributed by atoms with Gasteiger partial charge in [0.1, 0.15) is 11.6 Å². The van der Waals surface area contributed by atoms with E-state index in [0.717, 1.165) is 11.3 Å². The zero-order chi connectivity index (χ0) is 24.1. The fourth-order valence-corrected chi connectivity index (χ4v) is 4.52. The topological polar surface area (TPSA) is 111 Å². The molecule has 0 spiro atoms. The largest absolute Gasteiger partial charge is 0.807 e. The molecule has 0 radical (unpaired) electrons. The summed E-state index contributed by atoms with van der Waals surface area (Å²) in [7, 11) is 0. The quantitative estimate of drug-likeness (QED) is 0.312. The molecule has 1 amide bonds. The van der Waals surface area contributed by atoms with Crippen LogP contribution in [-0.4, -0.2) is 21.7 Å². The molecule has 0 aliphatic heterocycles. The molecule has 1 atom stereocenters. The third-order valence-electron chi connectivity index (χ3n) is 5.37. The maximum atomic E-state index is 14.5. The number of hydrogen-bond acceptors (Lipinski definition) is 5. The number of rotatable bonds is 8. The van der Waals surface area contributed by atoms with Crippen molar-refractivity contribution in [3.63, 3.8) is 0 Å². The Morgan fingerprint density at radius 1 is 1.15 bits per heavy atom. The lowest BCUT2D eigenvalue weighted by Gasteiger charge is -2.24.